The quantitative estimate of drug-likeness (QED) is 0.142. The molecule has 0 aliphatic carbocycles. The van der Waals surface area contributed by atoms with Crippen molar-refractivity contribution in [2.24, 2.45) is 0 Å². The van der Waals surface area contributed by atoms with E-state index >= 15 is 0 Å². The first-order chi connectivity index (χ1) is 33.4. The molecule has 0 unspecified atom stereocenters. The number of benzene rings is 9. The number of aromatic nitrogens is 1. The molecule has 2 aliphatic heterocycles. The molecule has 3 nitrogen and oxygen atoms in total. The van der Waals surface area contributed by atoms with Crippen molar-refractivity contribution in [3.05, 3.63) is 248 Å². The molecule has 9 aromatic carbocycles. The van der Waals surface area contributed by atoms with Gasteiger partial charge in [-0.05, 0) is 94.8 Å². The zero-order valence-corrected chi connectivity index (χ0v) is 41.0. The molecule has 328 valence electrons. The van der Waals surface area contributed by atoms with Crippen LogP contribution in [-0.2, 0) is 0 Å². The summed E-state index contributed by atoms with van der Waals surface area (Å²) in [6.07, 6.45) is 0. The van der Waals surface area contributed by atoms with Crippen LogP contribution in [0.25, 0.3) is 10.9 Å². The van der Waals surface area contributed by atoms with Crippen LogP contribution in [0.15, 0.2) is 237 Å². The summed E-state index contributed by atoms with van der Waals surface area (Å²) in [5.41, 5.74) is 9.53. The highest BCUT2D eigenvalue weighted by molar-refractivity contribution is 7.22. The van der Waals surface area contributed by atoms with Gasteiger partial charge < -0.3 is 4.90 Å². The van der Waals surface area contributed by atoms with Crippen LogP contribution in [0, 0.1) is 0 Å². The van der Waals surface area contributed by atoms with Crippen molar-refractivity contribution in [3.8, 4) is 0 Å². The summed E-state index contributed by atoms with van der Waals surface area (Å²) in [6.45, 7) is 9.26. The number of rotatable bonds is 8. The number of fused-ring (bicyclic) bond motifs is 5. The summed E-state index contributed by atoms with van der Waals surface area (Å²) in [5, 5.41) is 12.1. The molecule has 2 aliphatic rings. The lowest BCUT2D eigenvalue weighted by atomic mass is 10.0. The lowest BCUT2D eigenvalue weighted by molar-refractivity contribution is 0.867. The molecule has 0 amide bonds. The molecule has 10 aromatic rings. The predicted molar refractivity (Wildman–Crippen MR) is 294 cm³/mol. The Morgan fingerprint density at radius 2 is 0.691 bits per heavy atom. The van der Waals surface area contributed by atoms with Crippen LogP contribution in [-0.4, -0.2) is 21.1 Å². The van der Waals surface area contributed by atoms with E-state index in [9.17, 15) is 0 Å². The molecule has 0 saturated heterocycles. The maximum Gasteiger partial charge on any atom is 0.184 e. The molecule has 68 heavy (non-hydrogen) atoms. The maximum atomic E-state index is 5.70. The second-order valence-electron chi connectivity index (χ2n) is 19.0. The van der Waals surface area contributed by atoms with Gasteiger partial charge in [0.1, 0.15) is 5.82 Å². The second-order valence-corrected chi connectivity index (χ2v) is 26.5. The van der Waals surface area contributed by atoms with Crippen LogP contribution in [0.4, 0.5) is 34.3 Å². The Labute approximate surface area is 402 Å². The molecule has 0 atom stereocenters. The van der Waals surface area contributed by atoms with Gasteiger partial charge in [-0.15, -0.1) is 0 Å². The first-order valence-electron chi connectivity index (χ1n) is 24.1. The Balaban J connectivity index is 1.17. The largest absolute Gasteiger partial charge is 0.310 e. The highest BCUT2D eigenvalue weighted by atomic mass is 28.3. The summed E-state index contributed by atoms with van der Waals surface area (Å²) >= 11 is 0. The molecule has 0 bridgehead atoms. The smallest absolute Gasteiger partial charge is 0.184 e. The van der Waals surface area contributed by atoms with E-state index in [1.807, 2.05) is 0 Å². The third-order valence-corrected chi connectivity index (χ3v) is 24.4. The molecule has 0 spiro atoms. The molecule has 0 saturated carbocycles. The number of hydrogen-bond acceptors (Lipinski definition) is 3. The van der Waals surface area contributed by atoms with Gasteiger partial charge in [0, 0.05) is 34.2 Å². The standard InChI is InChI=1S/C63H53N3Si2/c1-44(2)46-37-39-56-61(41-46)67(48-23-9-5-10-24-48,49-25-11-6-12-26-49)59-35-21-19-33-54(59)65(56)58-43-63(64-53-32-18-17-31-52(53)58)66-55-34-20-22-36-60(55)68(50-27-13-7-14-28-50,51-29-15-8-16-30-51)62-42-47(45(3)4)38-40-57(62)66/h5-45H,1-4H3. The van der Waals surface area contributed by atoms with E-state index in [1.54, 1.807) is 0 Å². The van der Waals surface area contributed by atoms with Gasteiger partial charge in [0.25, 0.3) is 0 Å². The minimum atomic E-state index is -2.89. The minimum absolute atomic E-state index is 0.354. The van der Waals surface area contributed by atoms with Gasteiger partial charge in [-0.3, -0.25) is 4.90 Å². The molecular formula is C63H53N3Si2. The average molecular weight is 908 g/mol. The summed E-state index contributed by atoms with van der Waals surface area (Å²) in [4.78, 5) is 10.8. The Morgan fingerprint density at radius 3 is 1.15 bits per heavy atom. The maximum absolute atomic E-state index is 5.70. The third-order valence-electron chi connectivity index (χ3n) is 14.7. The molecule has 0 N–H and O–H groups in total. The van der Waals surface area contributed by atoms with Crippen molar-refractivity contribution < 1.29 is 0 Å². The van der Waals surface area contributed by atoms with Gasteiger partial charge in [0.05, 0.1) is 11.2 Å². The van der Waals surface area contributed by atoms with E-state index < -0.39 is 16.1 Å². The van der Waals surface area contributed by atoms with Crippen LogP contribution in [0.5, 0.6) is 0 Å². The Hall–Kier alpha value is -7.58. The predicted octanol–water partition coefficient (Wildman–Crippen LogP) is 10.8. The Kier molecular flexibility index (Phi) is 10.2. The first kappa shape index (κ1) is 41.8. The van der Waals surface area contributed by atoms with Crippen LogP contribution >= 0.6 is 0 Å². The summed E-state index contributed by atoms with van der Waals surface area (Å²) in [6, 6.07) is 89.5. The van der Waals surface area contributed by atoms with E-state index in [0.717, 1.165) is 22.4 Å². The lowest BCUT2D eigenvalue weighted by Gasteiger charge is -2.46. The average Bonchev–Trinajstić information content (AvgIpc) is 3.40. The van der Waals surface area contributed by atoms with Crippen molar-refractivity contribution in [2.45, 2.75) is 39.5 Å². The van der Waals surface area contributed by atoms with Crippen molar-refractivity contribution in [1.82, 2.24) is 4.98 Å². The summed E-state index contributed by atoms with van der Waals surface area (Å²) in [7, 11) is -5.79. The minimum Gasteiger partial charge on any atom is -0.310 e. The van der Waals surface area contributed by atoms with Gasteiger partial charge in [0.15, 0.2) is 16.1 Å². The van der Waals surface area contributed by atoms with Crippen molar-refractivity contribution in [2.75, 3.05) is 9.80 Å². The molecule has 3 heterocycles. The van der Waals surface area contributed by atoms with Crippen molar-refractivity contribution in [3.63, 3.8) is 0 Å². The van der Waals surface area contributed by atoms with Gasteiger partial charge in [0.2, 0.25) is 0 Å². The third kappa shape index (κ3) is 6.26. The normalized spacial score (nSPS) is 14.3. The fraction of sp³-hybridized carbons (Fsp3) is 0.0952. The number of anilines is 6. The summed E-state index contributed by atoms with van der Waals surface area (Å²) < 4.78 is 0. The number of nitrogens with zero attached hydrogens (tertiary/aromatic N) is 3. The highest BCUT2D eigenvalue weighted by Gasteiger charge is 2.51. The molecule has 1 aromatic heterocycles. The van der Waals surface area contributed by atoms with Crippen LogP contribution in [0.2, 0.25) is 0 Å². The zero-order chi connectivity index (χ0) is 46.0. The van der Waals surface area contributed by atoms with Crippen LogP contribution < -0.4 is 51.3 Å². The van der Waals surface area contributed by atoms with E-state index in [2.05, 4.69) is 274 Å². The number of para-hydroxylation sites is 3. The van der Waals surface area contributed by atoms with Gasteiger partial charge in [-0.2, -0.15) is 0 Å². The first-order valence-corrected chi connectivity index (χ1v) is 28.1. The van der Waals surface area contributed by atoms with E-state index in [4.69, 9.17) is 4.98 Å². The highest BCUT2D eigenvalue weighted by Crippen LogP contribution is 2.46. The molecule has 0 radical (unpaired) electrons. The summed E-state index contributed by atoms with van der Waals surface area (Å²) in [5.74, 6) is 1.61. The Bertz CT molecular complexity index is 3400. The zero-order valence-electron chi connectivity index (χ0n) is 39.0. The van der Waals surface area contributed by atoms with E-state index in [1.165, 1.54) is 75.4 Å². The van der Waals surface area contributed by atoms with Crippen LogP contribution in [0.3, 0.4) is 0 Å². The van der Waals surface area contributed by atoms with Crippen LogP contribution in [0.1, 0.15) is 50.7 Å². The fourth-order valence-electron chi connectivity index (χ4n) is 11.6. The topological polar surface area (TPSA) is 19.4 Å². The lowest BCUT2D eigenvalue weighted by Crippen LogP contribution is -2.77. The van der Waals surface area contributed by atoms with Gasteiger partial charge >= 0.3 is 0 Å². The molecule has 5 heteroatoms. The van der Waals surface area contributed by atoms with E-state index in [0.29, 0.717) is 11.8 Å². The monoisotopic (exact) mass is 907 g/mol. The molecule has 12 rings (SSSR count). The van der Waals surface area contributed by atoms with Crippen molar-refractivity contribution >= 4 is 103 Å². The second kappa shape index (κ2) is 16.6. The van der Waals surface area contributed by atoms with Gasteiger partial charge in [-0.1, -0.05) is 228 Å². The van der Waals surface area contributed by atoms with Crippen molar-refractivity contribution in [1.29, 1.82) is 0 Å². The fourth-order valence-corrected chi connectivity index (χ4v) is 21.9. The molecular weight excluding hydrogens is 855 g/mol. The Morgan fingerprint density at radius 1 is 0.324 bits per heavy atom. The number of hydrogen-bond donors (Lipinski definition) is 0. The van der Waals surface area contributed by atoms with Gasteiger partial charge in [-0.25, -0.2) is 4.98 Å². The number of pyridine rings is 1. The molecule has 0 fully saturated rings. The SMILES string of the molecule is CC(C)c1ccc2c(c1)[Si](c1ccccc1)(c1ccccc1)c1ccccc1N2c1cc(N2c3ccccc3[Si](c3ccccc3)(c3ccccc3)c3cc(C(C)C)ccc32)c2ccccc2n1. The van der Waals surface area contributed by atoms with E-state index in [-0.39, 0.29) is 0 Å².